The zero-order chi connectivity index (χ0) is 18.3. The minimum atomic E-state index is 0.742. The Morgan fingerprint density at radius 1 is 1.25 bits per heavy atom. The van der Waals surface area contributed by atoms with Crippen LogP contribution in [0.5, 0.6) is 0 Å². The van der Waals surface area contributed by atoms with Gasteiger partial charge < -0.3 is 14.5 Å². The highest BCUT2D eigenvalue weighted by Crippen LogP contribution is 2.26. The SMILES string of the molecule is CCC/C=C(/Nc1c(C)n(C)c(=S)n(C)c1=S)SCC[C@H](C)CC. The summed E-state index contributed by atoms with van der Waals surface area (Å²) in [5.74, 6) is 1.90. The second-order valence-corrected chi connectivity index (χ2v) is 8.19. The summed E-state index contributed by atoms with van der Waals surface area (Å²) in [6.45, 7) is 8.84. The fourth-order valence-corrected chi connectivity index (χ4v) is 3.93. The van der Waals surface area contributed by atoms with Gasteiger partial charge in [0.05, 0.1) is 10.7 Å². The van der Waals surface area contributed by atoms with Gasteiger partial charge in [0.25, 0.3) is 0 Å². The topological polar surface area (TPSA) is 21.9 Å². The monoisotopic (exact) mass is 385 g/mol. The second-order valence-electron chi connectivity index (χ2n) is 6.30. The van der Waals surface area contributed by atoms with E-state index in [-0.39, 0.29) is 0 Å². The second kappa shape index (κ2) is 10.4. The van der Waals surface area contributed by atoms with Crippen LogP contribution in [0.15, 0.2) is 11.1 Å². The number of nitrogens with one attached hydrogen (secondary N) is 1. The number of unbranched alkanes of at least 4 members (excludes halogenated alkanes) is 1. The molecule has 1 N–H and O–H groups in total. The molecular weight excluding hydrogens is 354 g/mol. The third kappa shape index (κ3) is 5.74. The maximum absolute atomic E-state index is 5.62. The van der Waals surface area contributed by atoms with Gasteiger partial charge in [-0.15, -0.1) is 11.8 Å². The Morgan fingerprint density at radius 3 is 2.50 bits per heavy atom. The van der Waals surface area contributed by atoms with E-state index in [0.29, 0.717) is 0 Å². The summed E-state index contributed by atoms with van der Waals surface area (Å²) in [4.78, 5) is 0. The summed E-state index contributed by atoms with van der Waals surface area (Å²) in [6, 6.07) is 0. The fourth-order valence-electron chi connectivity index (χ4n) is 2.21. The van der Waals surface area contributed by atoms with Gasteiger partial charge in [-0.3, -0.25) is 0 Å². The van der Waals surface area contributed by atoms with Crippen molar-refractivity contribution in [2.24, 2.45) is 20.0 Å². The van der Waals surface area contributed by atoms with Crippen molar-refractivity contribution in [3.63, 3.8) is 0 Å². The standard InChI is InChI=1S/C18H31N3S3/c1-7-9-10-15(24-12-11-13(3)8-2)19-16-14(4)20(5)18(23)21(6)17(16)22/h10,13,19H,7-9,11-12H2,1-6H3/b15-10-/t13-/m1/s1. The van der Waals surface area contributed by atoms with Gasteiger partial charge >= 0.3 is 0 Å². The van der Waals surface area contributed by atoms with E-state index in [1.165, 1.54) is 17.9 Å². The minimum absolute atomic E-state index is 0.742. The molecular formula is C18H31N3S3. The molecule has 0 aliphatic carbocycles. The molecule has 1 aromatic rings. The first kappa shape index (κ1) is 21.5. The van der Waals surface area contributed by atoms with Crippen molar-refractivity contribution in [3.8, 4) is 0 Å². The number of allylic oxidation sites excluding steroid dienone is 1. The van der Waals surface area contributed by atoms with Crippen molar-refractivity contribution in [2.75, 3.05) is 11.1 Å². The van der Waals surface area contributed by atoms with Gasteiger partial charge in [-0.05, 0) is 43.7 Å². The molecule has 0 unspecified atom stereocenters. The average Bonchev–Trinajstić information content (AvgIpc) is 2.58. The Labute approximate surface area is 161 Å². The summed E-state index contributed by atoms with van der Waals surface area (Å²) in [7, 11) is 3.92. The molecule has 0 amide bonds. The molecule has 1 rings (SSSR count). The van der Waals surface area contributed by atoms with Gasteiger partial charge in [0, 0.05) is 19.8 Å². The molecule has 1 atom stereocenters. The van der Waals surface area contributed by atoms with Crippen LogP contribution in [0.4, 0.5) is 5.69 Å². The quantitative estimate of drug-likeness (QED) is 0.500. The van der Waals surface area contributed by atoms with Crippen molar-refractivity contribution in [1.29, 1.82) is 0 Å². The van der Waals surface area contributed by atoms with E-state index in [4.69, 9.17) is 24.4 Å². The van der Waals surface area contributed by atoms with Crippen LogP contribution in [0.1, 0.15) is 52.1 Å². The Hall–Kier alpha value is -0.590. The first-order valence-electron chi connectivity index (χ1n) is 8.69. The van der Waals surface area contributed by atoms with Gasteiger partial charge in [-0.2, -0.15) is 0 Å². The summed E-state index contributed by atoms with van der Waals surface area (Å²) in [6.07, 6.45) is 6.98. The minimum Gasteiger partial charge on any atom is -0.347 e. The smallest absolute Gasteiger partial charge is 0.180 e. The van der Waals surface area contributed by atoms with E-state index in [1.807, 2.05) is 35.0 Å². The summed E-state index contributed by atoms with van der Waals surface area (Å²) < 4.78 is 5.41. The van der Waals surface area contributed by atoms with Crippen LogP contribution in [-0.4, -0.2) is 14.9 Å². The Balaban J connectivity index is 3.03. The van der Waals surface area contributed by atoms with Crippen molar-refractivity contribution in [3.05, 3.63) is 26.2 Å². The molecule has 0 saturated carbocycles. The molecule has 0 fully saturated rings. The van der Waals surface area contributed by atoms with Gasteiger partial charge in [-0.25, -0.2) is 0 Å². The van der Waals surface area contributed by atoms with E-state index in [2.05, 4.69) is 39.1 Å². The van der Waals surface area contributed by atoms with Gasteiger partial charge in [0.15, 0.2) is 4.77 Å². The lowest BCUT2D eigenvalue weighted by Gasteiger charge is -2.18. The molecule has 1 heterocycles. The largest absolute Gasteiger partial charge is 0.347 e. The first-order chi connectivity index (χ1) is 11.3. The normalized spacial score (nSPS) is 13.2. The lowest BCUT2D eigenvalue weighted by Crippen LogP contribution is -2.13. The van der Waals surface area contributed by atoms with Crippen molar-refractivity contribution in [1.82, 2.24) is 9.13 Å². The third-order valence-electron chi connectivity index (χ3n) is 4.39. The van der Waals surface area contributed by atoms with E-state index < -0.39 is 0 Å². The van der Waals surface area contributed by atoms with Gasteiger partial charge in [0.1, 0.15) is 4.64 Å². The number of hydrogen-bond donors (Lipinski definition) is 1. The van der Waals surface area contributed by atoms with E-state index >= 15 is 0 Å². The number of rotatable bonds is 9. The van der Waals surface area contributed by atoms with Crippen molar-refractivity contribution in [2.45, 2.75) is 53.4 Å². The molecule has 0 aromatic carbocycles. The Bertz CT molecular complexity index is 686. The predicted octanol–water partition coefficient (Wildman–Crippen LogP) is 6.35. The molecule has 0 saturated heterocycles. The molecule has 0 spiro atoms. The van der Waals surface area contributed by atoms with Crippen LogP contribution in [0.25, 0.3) is 0 Å². The molecule has 0 aliphatic rings. The third-order valence-corrected chi connectivity index (χ3v) is 6.43. The maximum atomic E-state index is 5.62. The lowest BCUT2D eigenvalue weighted by molar-refractivity contribution is 0.549. The highest BCUT2D eigenvalue weighted by Gasteiger charge is 2.10. The zero-order valence-electron chi connectivity index (χ0n) is 15.8. The number of hydrogen-bond acceptors (Lipinski definition) is 4. The predicted molar refractivity (Wildman–Crippen MR) is 114 cm³/mol. The number of nitrogens with zero attached hydrogens (tertiary/aromatic N) is 2. The summed E-state index contributed by atoms with van der Waals surface area (Å²) in [5.41, 5.74) is 2.06. The van der Waals surface area contributed by atoms with E-state index in [9.17, 15) is 0 Å². The zero-order valence-corrected chi connectivity index (χ0v) is 18.3. The molecule has 6 heteroatoms. The highest BCUT2D eigenvalue weighted by atomic mass is 32.2. The van der Waals surface area contributed by atoms with Gasteiger partial charge in [0.2, 0.25) is 0 Å². The highest BCUT2D eigenvalue weighted by molar-refractivity contribution is 8.03. The van der Waals surface area contributed by atoms with Crippen LogP contribution in [0.2, 0.25) is 0 Å². The lowest BCUT2D eigenvalue weighted by atomic mass is 10.1. The van der Waals surface area contributed by atoms with Crippen LogP contribution in [0.3, 0.4) is 0 Å². The Kier molecular flexibility index (Phi) is 9.31. The fraction of sp³-hybridized carbons (Fsp3) is 0.667. The van der Waals surface area contributed by atoms with E-state index in [0.717, 1.165) is 45.3 Å². The first-order valence-corrected chi connectivity index (χ1v) is 10.5. The molecule has 1 aromatic heterocycles. The van der Waals surface area contributed by atoms with Crippen LogP contribution in [0, 0.1) is 22.3 Å². The number of thioether (sulfide) groups is 1. The average molecular weight is 386 g/mol. The van der Waals surface area contributed by atoms with Crippen molar-refractivity contribution < 1.29 is 0 Å². The van der Waals surface area contributed by atoms with E-state index in [1.54, 1.807) is 0 Å². The maximum Gasteiger partial charge on any atom is 0.180 e. The van der Waals surface area contributed by atoms with Crippen LogP contribution < -0.4 is 5.32 Å². The van der Waals surface area contributed by atoms with Gasteiger partial charge in [-0.1, -0.05) is 51.9 Å². The molecule has 0 aliphatic heterocycles. The summed E-state index contributed by atoms with van der Waals surface area (Å²) in [5, 5.41) is 4.78. The molecule has 136 valence electrons. The molecule has 24 heavy (non-hydrogen) atoms. The molecule has 0 radical (unpaired) electrons. The molecule has 3 nitrogen and oxygen atoms in total. The molecule has 0 bridgehead atoms. The van der Waals surface area contributed by atoms with Crippen LogP contribution >= 0.6 is 36.2 Å². The Morgan fingerprint density at radius 2 is 1.92 bits per heavy atom. The van der Waals surface area contributed by atoms with Crippen LogP contribution in [-0.2, 0) is 14.1 Å². The number of anilines is 1. The van der Waals surface area contributed by atoms with Crippen molar-refractivity contribution >= 4 is 41.9 Å². The summed E-state index contributed by atoms with van der Waals surface area (Å²) >= 11 is 12.9. The number of aromatic nitrogens is 2.